The molecule has 5 rings (SSSR count). The van der Waals surface area contributed by atoms with Crippen LogP contribution < -0.4 is 4.72 Å². The molecule has 166 valence electrons. The number of ether oxygens (including phenoxy) is 1. The topological polar surface area (TPSA) is 113 Å². The van der Waals surface area contributed by atoms with Crippen LogP contribution in [0.4, 0.5) is 0 Å². The number of rotatable bonds is 5. The van der Waals surface area contributed by atoms with Crippen molar-refractivity contribution in [3.05, 3.63) is 35.9 Å². The largest absolute Gasteiger partial charge is 0.443 e. The zero-order chi connectivity index (χ0) is 21.4. The molecular weight excluding hydrogens is 418 g/mol. The Morgan fingerprint density at radius 2 is 1.94 bits per heavy atom. The van der Waals surface area contributed by atoms with E-state index in [0.717, 1.165) is 59.3 Å². The van der Waals surface area contributed by atoms with Crippen molar-refractivity contribution in [1.29, 1.82) is 0 Å². The number of aromatic nitrogens is 3. The van der Waals surface area contributed by atoms with Gasteiger partial charge in [-0.2, -0.15) is 22.5 Å². The second kappa shape index (κ2) is 8.34. The Morgan fingerprint density at radius 1 is 1.16 bits per heavy atom. The van der Waals surface area contributed by atoms with Crippen LogP contribution in [0.2, 0.25) is 0 Å². The summed E-state index contributed by atoms with van der Waals surface area (Å²) in [6.45, 7) is 3.84. The molecule has 10 heteroatoms. The summed E-state index contributed by atoms with van der Waals surface area (Å²) >= 11 is 0. The van der Waals surface area contributed by atoms with Gasteiger partial charge in [0, 0.05) is 36.3 Å². The van der Waals surface area contributed by atoms with Crippen LogP contribution in [0, 0.1) is 6.92 Å². The zero-order valence-corrected chi connectivity index (χ0v) is 18.3. The van der Waals surface area contributed by atoms with Crippen LogP contribution in [0.15, 0.2) is 29.0 Å². The highest BCUT2D eigenvalue weighted by molar-refractivity contribution is 7.87. The summed E-state index contributed by atoms with van der Waals surface area (Å²) in [7, 11) is -3.45. The number of nitrogens with zero attached hydrogens (tertiary/aromatic N) is 3. The minimum atomic E-state index is -3.45. The lowest BCUT2D eigenvalue weighted by atomic mass is 9.83. The van der Waals surface area contributed by atoms with Gasteiger partial charge in [-0.3, -0.25) is 5.10 Å². The first-order chi connectivity index (χ1) is 15.0. The van der Waals surface area contributed by atoms with Gasteiger partial charge in [-0.25, -0.2) is 4.98 Å². The normalized spacial score (nSPS) is 23.4. The van der Waals surface area contributed by atoms with Crippen LogP contribution in [0.25, 0.3) is 22.4 Å². The minimum absolute atomic E-state index is 0.0272. The highest BCUT2D eigenvalue weighted by Crippen LogP contribution is 2.36. The molecule has 2 aromatic heterocycles. The SMILES string of the molecule is Cc1c(-c2ccc3ncoc3c2)n[nH]c1C1CCC(NS(=O)(=O)N2CCOCC2)CC1. The van der Waals surface area contributed by atoms with Crippen molar-refractivity contribution in [2.75, 3.05) is 26.3 Å². The summed E-state index contributed by atoms with van der Waals surface area (Å²) in [5, 5.41) is 7.82. The first-order valence-electron chi connectivity index (χ1n) is 10.7. The van der Waals surface area contributed by atoms with Gasteiger partial charge < -0.3 is 9.15 Å². The van der Waals surface area contributed by atoms with Gasteiger partial charge >= 0.3 is 0 Å². The predicted molar refractivity (Wildman–Crippen MR) is 116 cm³/mol. The summed E-state index contributed by atoms with van der Waals surface area (Å²) in [6, 6.07) is 5.88. The van der Waals surface area contributed by atoms with Crippen LogP contribution in [0.3, 0.4) is 0 Å². The maximum absolute atomic E-state index is 12.6. The van der Waals surface area contributed by atoms with E-state index in [1.165, 1.54) is 10.7 Å². The van der Waals surface area contributed by atoms with Crippen LogP contribution in [-0.4, -0.2) is 60.2 Å². The number of benzene rings is 1. The van der Waals surface area contributed by atoms with Crippen molar-refractivity contribution in [2.45, 2.75) is 44.6 Å². The number of hydrogen-bond donors (Lipinski definition) is 2. The Kier molecular flexibility index (Phi) is 5.55. The fourth-order valence-corrected chi connectivity index (χ4v) is 6.10. The van der Waals surface area contributed by atoms with Gasteiger partial charge in [0.25, 0.3) is 10.2 Å². The lowest BCUT2D eigenvalue weighted by Crippen LogP contribution is -2.50. The maximum atomic E-state index is 12.6. The van der Waals surface area contributed by atoms with Gasteiger partial charge in [0.15, 0.2) is 12.0 Å². The Morgan fingerprint density at radius 3 is 2.71 bits per heavy atom. The molecule has 1 aliphatic heterocycles. The summed E-state index contributed by atoms with van der Waals surface area (Å²) in [5.74, 6) is 0.347. The Hall–Kier alpha value is -2.27. The molecule has 31 heavy (non-hydrogen) atoms. The summed E-state index contributed by atoms with van der Waals surface area (Å²) < 4.78 is 40.3. The maximum Gasteiger partial charge on any atom is 0.279 e. The van der Waals surface area contributed by atoms with E-state index in [0.29, 0.717) is 32.2 Å². The average molecular weight is 446 g/mol. The highest BCUT2D eigenvalue weighted by Gasteiger charge is 2.31. The molecule has 2 fully saturated rings. The Bertz CT molecular complexity index is 1160. The number of nitrogens with one attached hydrogen (secondary N) is 2. The molecule has 0 spiro atoms. The second-order valence-electron chi connectivity index (χ2n) is 8.33. The number of oxazole rings is 1. The van der Waals surface area contributed by atoms with E-state index >= 15 is 0 Å². The molecule has 2 aliphatic rings. The van der Waals surface area contributed by atoms with Crippen LogP contribution in [0.5, 0.6) is 0 Å². The number of morpholine rings is 1. The Labute approximate surface area is 181 Å². The van der Waals surface area contributed by atoms with Gasteiger partial charge in [0.05, 0.1) is 18.9 Å². The molecule has 0 bridgehead atoms. The van der Waals surface area contributed by atoms with E-state index in [2.05, 4.69) is 26.8 Å². The van der Waals surface area contributed by atoms with E-state index in [4.69, 9.17) is 9.15 Å². The van der Waals surface area contributed by atoms with Crippen LogP contribution in [-0.2, 0) is 14.9 Å². The monoisotopic (exact) mass is 445 g/mol. The number of fused-ring (bicyclic) bond motifs is 1. The van der Waals surface area contributed by atoms with E-state index in [1.54, 1.807) is 0 Å². The summed E-state index contributed by atoms with van der Waals surface area (Å²) in [5.41, 5.74) is 5.77. The molecule has 0 amide bonds. The molecular formula is C21H27N5O4S. The fourth-order valence-electron chi connectivity index (χ4n) is 4.66. The number of hydrogen-bond acceptors (Lipinski definition) is 6. The summed E-state index contributed by atoms with van der Waals surface area (Å²) in [4.78, 5) is 4.16. The van der Waals surface area contributed by atoms with Crippen LogP contribution in [0.1, 0.15) is 42.9 Å². The van der Waals surface area contributed by atoms with Crippen molar-refractivity contribution in [2.24, 2.45) is 0 Å². The quantitative estimate of drug-likeness (QED) is 0.624. The molecule has 1 saturated carbocycles. The number of aromatic amines is 1. The minimum Gasteiger partial charge on any atom is -0.443 e. The second-order valence-corrected chi connectivity index (χ2v) is 10.0. The van der Waals surface area contributed by atoms with Gasteiger partial charge in [-0.1, -0.05) is 6.07 Å². The first kappa shape index (κ1) is 20.6. The molecule has 3 aromatic rings. The molecule has 0 radical (unpaired) electrons. The van der Waals surface area contributed by atoms with E-state index < -0.39 is 10.2 Å². The lowest BCUT2D eigenvalue weighted by Gasteiger charge is -2.32. The molecule has 9 nitrogen and oxygen atoms in total. The van der Waals surface area contributed by atoms with Crippen LogP contribution >= 0.6 is 0 Å². The zero-order valence-electron chi connectivity index (χ0n) is 17.5. The van der Waals surface area contributed by atoms with Crippen molar-refractivity contribution in [1.82, 2.24) is 24.2 Å². The Balaban J connectivity index is 1.25. The lowest BCUT2D eigenvalue weighted by molar-refractivity contribution is 0.0722. The van der Waals surface area contributed by atoms with Gasteiger partial charge in [-0.05, 0) is 50.3 Å². The third-order valence-electron chi connectivity index (χ3n) is 6.41. The van der Waals surface area contributed by atoms with E-state index in [9.17, 15) is 8.42 Å². The molecule has 0 atom stereocenters. The molecule has 2 N–H and O–H groups in total. The van der Waals surface area contributed by atoms with Gasteiger partial charge in [-0.15, -0.1) is 0 Å². The molecule has 0 unspecified atom stereocenters. The summed E-state index contributed by atoms with van der Waals surface area (Å²) in [6.07, 6.45) is 4.90. The molecule has 1 saturated heterocycles. The van der Waals surface area contributed by atoms with Gasteiger partial charge in [0.1, 0.15) is 5.52 Å². The predicted octanol–water partition coefficient (Wildman–Crippen LogP) is 2.72. The van der Waals surface area contributed by atoms with E-state index in [-0.39, 0.29) is 6.04 Å². The van der Waals surface area contributed by atoms with E-state index in [1.807, 2.05) is 18.2 Å². The third kappa shape index (κ3) is 4.12. The van der Waals surface area contributed by atoms with Gasteiger partial charge in [0.2, 0.25) is 0 Å². The third-order valence-corrected chi connectivity index (χ3v) is 8.09. The first-order valence-corrected chi connectivity index (χ1v) is 12.2. The van der Waals surface area contributed by atoms with Crippen molar-refractivity contribution in [3.63, 3.8) is 0 Å². The molecule has 3 heterocycles. The molecule has 1 aliphatic carbocycles. The average Bonchev–Trinajstić information content (AvgIpc) is 3.40. The number of H-pyrrole nitrogens is 1. The van der Waals surface area contributed by atoms with Crippen molar-refractivity contribution < 1.29 is 17.6 Å². The molecule has 1 aromatic carbocycles. The fraction of sp³-hybridized carbons (Fsp3) is 0.524. The smallest absolute Gasteiger partial charge is 0.279 e. The standard InChI is InChI=1S/C21H27N5O4S/c1-14-20(23-24-21(14)16-4-7-18-19(12-16)30-13-22-18)15-2-5-17(6-3-15)25-31(27,28)26-8-10-29-11-9-26/h4,7,12-13,15,17,25H,2-3,5-6,8-11H2,1H3,(H,23,24). The van der Waals surface area contributed by atoms with Crippen molar-refractivity contribution in [3.8, 4) is 11.3 Å². The van der Waals surface area contributed by atoms with Crippen molar-refractivity contribution >= 4 is 21.3 Å². The highest BCUT2D eigenvalue weighted by atomic mass is 32.2.